The molecule has 1 amide bonds. The van der Waals surface area contributed by atoms with E-state index in [0.717, 1.165) is 41.8 Å². The smallest absolute Gasteiger partial charge is 0.407 e. The van der Waals surface area contributed by atoms with E-state index in [1.165, 1.54) is 31.8 Å². The summed E-state index contributed by atoms with van der Waals surface area (Å²) in [5, 5.41) is 12.2. The zero-order valence-corrected chi connectivity index (χ0v) is 22.1. The maximum atomic E-state index is 11.7. The van der Waals surface area contributed by atoms with Gasteiger partial charge in [-0.15, -0.1) is 6.58 Å². The van der Waals surface area contributed by atoms with Crippen LogP contribution in [0.3, 0.4) is 0 Å². The van der Waals surface area contributed by atoms with E-state index in [0.29, 0.717) is 12.6 Å². The van der Waals surface area contributed by atoms with E-state index in [2.05, 4.69) is 23.4 Å². The van der Waals surface area contributed by atoms with E-state index >= 15 is 0 Å². The Bertz CT molecular complexity index is 1030. The third-order valence-electron chi connectivity index (χ3n) is 7.28. The van der Waals surface area contributed by atoms with E-state index in [9.17, 15) is 9.90 Å². The first kappa shape index (κ1) is 28.0. The Morgan fingerprint density at radius 1 is 1.00 bits per heavy atom. The number of rotatable bonds is 12. The first-order valence-corrected chi connectivity index (χ1v) is 13.6. The number of aliphatic hydroxyl groups excluding tert-OH is 1. The molecule has 2 aliphatic rings. The maximum Gasteiger partial charge on any atom is 0.407 e. The summed E-state index contributed by atoms with van der Waals surface area (Å²) in [7, 11) is 0. The van der Waals surface area contributed by atoms with Crippen LogP contribution in [0.25, 0.3) is 0 Å². The van der Waals surface area contributed by atoms with Crippen LogP contribution in [0.2, 0.25) is 0 Å². The molecule has 0 spiro atoms. The Morgan fingerprint density at radius 2 is 1.68 bits per heavy atom. The molecule has 1 saturated heterocycles. The van der Waals surface area contributed by atoms with E-state index in [1.54, 1.807) is 0 Å². The third kappa shape index (κ3) is 7.77. The van der Waals surface area contributed by atoms with Crippen molar-refractivity contribution in [1.82, 2.24) is 10.2 Å². The molecule has 7 heteroatoms. The second-order valence-corrected chi connectivity index (χ2v) is 10.0. The predicted octanol–water partition coefficient (Wildman–Crippen LogP) is 5.57. The summed E-state index contributed by atoms with van der Waals surface area (Å²) < 4.78 is 18.0. The summed E-state index contributed by atoms with van der Waals surface area (Å²) in [4.78, 5) is 14.2. The van der Waals surface area contributed by atoms with Gasteiger partial charge in [-0.2, -0.15) is 0 Å². The van der Waals surface area contributed by atoms with Gasteiger partial charge < -0.3 is 24.6 Å². The number of nitrogens with zero attached hydrogens (tertiary/aromatic N) is 1. The van der Waals surface area contributed by atoms with Crippen LogP contribution in [0, 0.1) is 0 Å². The quantitative estimate of drug-likeness (QED) is 0.356. The second kappa shape index (κ2) is 14.3. The molecule has 204 valence electrons. The van der Waals surface area contributed by atoms with Gasteiger partial charge in [0.15, 0.2) is 6.29 Å². The summed E-state index contributed by atoms with van der Waals surface area (Å²) in [6, 6.07) is 16.5. The molecule has 0 radical (unpaired) electrons. The number of alkyl carbamates (subject to hydrolysis) is 1. The molecule has 7 nitrogen and oxygen atoms in total. The summed E-state index contributed by atoms with van der Waals surface area (Å²) in [6.07, 6.45) is 8.17. The van der Waals surface area contributed by atoms with Crippen molar-refractivity contribution in [1.29, 1.82) is 0 Å². The molecular formula is C31H40N2O5. The molecule has 1 aliphatic heterocycles. The van der Waals surface area contributed by atoms with Crippen LogP contribution in [0.5, 0.6) is 0 Å². The lowest BCUT2D eigenvalue weighted by Gasteiger charge is -2.39. The number of amides is 1. The highest BCUT2D eigenvalue weighted by molar-refractivity contribution is 5.67. The molecule has 0 bridgehead atoms. The van der Waals surface area contributed by atoms with Gasteiger partial charge in [0.1, 0.15) is 6.61 Å². The number of nitrogens with one attached hydrogen (secondary N) is 1. The molecule has 1 saturated carbocycles. The number of aliphatic hydroxyl groups is 1. The lowest BCUT2D eigenvalue weighted by molar-refractivity contribution is -0.253. The highest BCUT2D eigenvalue weighted by Crippen LogP contribution is 2.38. The molecule has 2 fully saturated rings. The number of carbonyl (C=O) groups excluding carboxylic acids is 1. The molecule has 2 aromatic rings. The van der Waals surface area contributed by atoms with Crippen molar-refractivity contribution in [3.05, 3.63) is 96.1 Å². The Labute approximate surface area is 226 Å². The Kier molecular flexibility index (Phi) is 10.5. The SMILES string of the molecule is C=CCOC(=O)NCc1ccc(C2OC(CN(CC=C)C3CCCC3)CC(c3ccc(CO)cc3)O2)cc1. The van der Waals surface area contributed by atoms with Crippen molar-refractivity contribution in [2.24, 2.45) is 0 Å². The van der Waals surface area contributed by atoms with Crippen molar-refractivity contribution in [2.45, 2.75) is 69.8 Å². The van der Waals surface area contributed by atoms with Gasteiger partial charge in [-0.3, -0.25) is 4.90 Å². The fourth-order valence-corrected chi connectivity index (χ4v) is 5.25. The second-order valence-electron chi connectivity index (χ2n) is 10.0. The molecule has 2 aromatic carbocycles. The van der Waals surface area contributed by atoms with Crippen molar-refractivity contribution < 1.29 is 24.1 Å². The van der Waals surface area contributed by atoms with Crippen LogP contribution in [-0.2, 0) is 27.4 Å². The van der Waals surface area contributed by atoms with Gasteiger partial charge >= 0.3 is 6.09 Å². The number of benzene rings is 2. The lowest BCUT2D eigenvalue weighted by atomic mass is 9.99. The highest BCUT2D eigenvalue weighted by Gasteiger charge is 2.34. The molecule has 3 atom stereocenters. The minimum absolute atomic E-state index is 0.00204. The average molecular weight is 521 g/mol. The van der Waals surface area contributed by atoms with E-state index in [-0.39, 0.29) is 25.4 Å². The topological polar surface area (TPSA) is 80.3 Å². The van der Waals surface area contributed by atoms with Crippen LogP contribution in [0.1, 0.15) is 66.8 Å². The number of carbonyl (C=O) groups is 1. The predicted molar refractivity (Wildman–Crippen MR) is 147 cm³/mol. The molecule has 4 rings (SSSR count). The normalized spacial score (nSPS) is 21.8. The van der Waals surface area contributed by atoms with Crippen LogP contribution in [-0.4, -0.2) is 47.9 Å². The van der Waals surface area contributed by atoms with Crippen molar-refractivity contribution >= 4 is 6.09 Å². The summed E-state index contributed by atoms with van der Waals surface area (Å²) >= 11 is 0. The standard InChI is InChI=1S/C31H40N2O5/c1-3-17-33(27-7-5-6-8-27)21-28-19-29(25-13-11-24(22-34)12-14-25)38-30(37-28)26-15-9-23(10-16-26)20-32-31(35)36-18-4-2/h3-4,9-16,27-30,34H,1-2,5-8,17-22H2,(H,32,35). The van der Waals surface area contributed by atoms with E-state index in [4.69, 9.17) is 14.2 Å². The Morgan fingerprint density at radius 3 is 2.34 bits per heavy atom. The van der Waals surface area contributed by atoms with Gasteiger partial charge in [-0.25, -0.2) is 4.79 Å². The molecule has 2 N–H and O–H groups in total. The van der Waals surface area contributed by atoms with Gasteiger partial charge in [0.05, 0.1) is 18.8 Å². The number of ether oxygens (including phenoxy) is 3. The Balaban J connectivity index is 1.47. The average Bonchev–Trinajstić information content (AvgIpc) is 3.50. The maximum absolute atomic E-state index is 11.7. The van der Waals surface area contributed by atoms with Gasteiger partial charge in [0, 0.05) is 37.7 Å². The van der Waals surface area contributed by atoms with Gasteiger partial charge in [0.25, 0.3) is 0 Å². The first-order valence-electron chi connectivity index (χ1n) is 13.6. The Hall–Kier alpha value is -2.97. The summed E-state index contributed by atoms with van der Waals surface area (Å²) in [6.45, 7) is 9.77. The monoisotopic (exact) mass is 520 g/mol. The molecular weight excluding hydrogens is 480 g/mol. The zero-order chi connectivity index (χ0) is 26.7. The van der Waals surface area contributed by atoms with Crippen molar-refractivity contribution in [2.75, 3.05) is 19.7 Å². The highest BCUT2D eigenvalue weighted by atomic mass is 16.7. The van der Waals surface area contributed by atoms with Crippen molar-refractivity contribution in [3.63, 3.8) is 0 Å². The molecule has 1 aliphatic carbocycles. The zero-order valence-electron chi connectivity index (χ0n) is 22.1. The summed E-state index contributed by atoms with van der Waals surface area (Å²) in [5.41, 5.74) is 3.84. The lowest BCUT2D eigenvalue weighted by Crippen LogP contribution is -2.43. The van der Waals surface area contributed by atoms with Gasteiger partial charge in [-0.1, -0.05) is 80.1 Å². The van der Waals surface area contributed by atoms with E-state index in [1.807, 2.05) is 54.6 Å². The van der Waals surface area contributed by atoms with Gasteiger partial charge in [0.2, 0.25) is 0 Å². The van der Waals surface area contributed by atoms with Crippen LogP contribution in [0.4, 0.5) is 4.79 Å². The molecule has 0 aromatic heterocycles. The molecule has 3 unspecified atom stereocenters. The van der Waals surface area contributed by atoms with Gasteiger partial charge in [-0.05, 0) is 29.5 Å². The van der Waals surface area contributed by atoms with Crippen LogP contribution in [0.15, 0.2) is 73.8 Å². The number of hydrogen-bond donors (Lipinski definition) is 2. The fourth-order valence-electron chi connectivity index (χ4n) is 5.25. The molecule has 38 heavy (non-hydrogen) atoms. The minimum atomic E-state index is -0.509. The third-order valence-corrected chi connectivity index (χ3v) is 7.28. The van der Waals surface area contributed by atoms with Crippen molar-refractivity contribution in [3.8, 4) is 0 Å². The minimum Gasteiger partial charge on any atom is -0.445 e. The number of hydrogen-bond acceptors (Lipinski definition) is 6. The summed E-state index contributed by atoms with van der Waals surface area (Å²) in [5.74, 6) is 0. The fraction of sp³-hybridized carbons (Fsp3) is 0.452. The first-order chi connectivity index (χ1) is 18.6. The van der Waals surface area contributed by atoms with Crippen LogP contribution < -0.4 is 5.32 Å². The van der Waals surface area contributed by atoms with Crippen LogP contribution >= 0.6 is 0 Å². The molecule has 1 heterocycles. The van der Waals surface area contributed by atoms with E-state index < -0.39 is 12.4 Å². The largest absolute Gasteiger partial charge is 0.445 e.